The Morgan fingerprint density at radius 1 is 1.07 bits per heavy atom. The van der Waals surface area contributed by atoms with Crippen LogP contribution < -0.4 is 5.32 Å². The molecule has 0 spiro atoms. The number of rotatable bonds is 5. The molecule has 1 amide bonds. The number of sulfonamides is 1. The first-order valence-corrected chi connectivity index (χ1v) is 11.2. The second kappa shape index (κ2) is 8.33. The summed E-state index contributed by atoms with van der Waals surface area (Å²) in [5.41, 5.74) is 2.18. The van der Waals surface area contributed by atoms with Gasteiger partial charge in [0.25, 0.3) is 5.91 Å². The Kier molecular flexibility index (Phi) is 5.60. The van der Waals surface area contributed by atoms with Gasteiger partial charge < -0.3 is 5.32 Å². The Hall–Kier alpha value is -3.11. The molecule has 0 atom stereocenters. The lowest BCUT2D eigenvalue weighted by molar-refractivity contribution is 0.102. The lowest BCUT2D eigenvalue weighted by atomic mass is 10.1. The summed E-state index contributed by atoms with van der Waals surface area (Å²) in [6.07, 6.45) is 4.13. The highest BCUT2D eigenvalue weighted by molar-refractivity contribution is 7.89. The largest absolute Gasteiger partial charge is 0.322 e. The van der Waals surface area contributed by atoms with Crippen molar-refractivity contribution in [3.63, 3.8) is 0 Å². The maximum Gasteiger partial charge on any atom is 0.257 e. The van der Waals surface area contributed by atoms with Crippen LogP contribution in [-0.4, -0.2) is 51.9 Å². The lowest BCUT2D eigenvalue weighted by Gasteiger charge is -2.26. The van der Waals surface area contributed by atoms with E-state index >= 15 is 0 Å². The van der Waals surface area contributed by atoms with Crippen molar-refractivity contribution in [1.82, 2.24) is 24.5 Å². The van der Waals surface area contributed by atoms with E-state index in [9.17, 15) is 13.2 Å². The van der Waals surface area contributed by atoms with Crippen molar-refractivity contribution >= 4 is 21.6 Å². The molecule has 1 saturated heterocycles. The van der Waals surface area contributed by atoms with E-state index in [-0.39, 0.29) is 10.5 Å². The van der Waals surface area contributed by atoms with Crippen molar-refractivity contribution in [3.05, 3.63) is 59.9 Å². The van der Waals surface area contributed by atoms with E-state index in [0.717, 1.165) is 24.8 Å². The van der Waals surface area contributed by atoms with Crippen LogP contribution in [0.3, 0.4) is 0 Å². The molecule has 1 aromatic heterocycles. The van der Waals surface area contributed by atoms with E-state index in [1.165, 1.54) is 27.4 Å². The predicted octanol–water partition coefficient (Wildman–Crippen LogP) is 2.40. The van der Waals surface area contributed by atoms with Gasteiger partial charge in [-0.1, -0.05) is 24.6 Å². The third kappa shape index (κ3) is 3.96. The van der Waals surface area contributed by atoms with Crippen LogP contribution in [0.25, 0.3) is 5.69 Å². The molecule has 1 N–H and O–H groups in total. The average molecular weight is 427 g/mol. The van der Waals surface area contributed by atoms with Gasteiger partial charge in [0.2, 0.25) is 10.0 Å². The van der Waals surface area contributed by atoms with E-state index in [1.807, 2.05) is 19.1 Å². The number of aromatic nitrogens is 4. The van der Waals surface area contributed by atoms with Crippen molar-refractivity contribution in [2.45, 2.75) is 31.1 Å². The fourth-order valence-electron chi connectivity index (χ4n) is 3.48. The van der Waals surface area contributed by atoms with Crippen LogP contribution in [0.1, 0.15) is 35.2 Å². The van der Waals surface area contributed by atoms with Crippen LogP contribution in [0.2, 0.25) is 0 Å². The number of nitrogens with zero attached hydrogens (tertiary/aromatic N) is 5. The standard InChI is InChI=1S/C20H22N6O3S/c1-15-9-10-16(26-14-21-23-24-26)13-18(15)22-20(27)17-7-3-4-8-19(17)30(28,29)25-11-5-2-6-12-25/h3-4,7-10,13-14H,2,5-6,11-12H2,1H3,(H,22,27). The average Bonchev–Trinajstić information content (AvgIpc) is 3.31. The quantitative estimate of drug-likeness (QED) is 0.671. The van der Waals surface area contributed by atoms with Crippen molar-refractivity contribution in [2.24, 2.45) is 0 Å². The van der Waals surface area contributed by atoms with Gasteiger partial charge in [-0.25, -0.2) is 13.1 Å². The zero-order chi connectivity index (χ0) is 21.1. The summed E-state index contributed by atoms with van der Waals surface area (Å²) >= 11 is 0. The Morgan fingerprint density at radius 3 is 2.57 bits per heavy atom. The Bertz CT molecular complexity index is 1160. The van der Waals surface area contributed by atoms with Gasteiger partial charge >= 0.3 is 0 Å². The molecule has 156 valence electrons. The molecule has 0 bridgehead atoms. The van der Waals surface area contributed by atoms with Crippen molar-refractivity contribution in [1.29, 1.82) is 0 Å². The summed E-state index contributed by atoms with van der Waals surface area (Å²) in [7, 11) is -3.74. The number of hydrogen-bond acceptors (Lipinski definition) is 6. The Balaban J connectivity index is 1.65. The van der Waals surface area contributed by atoms with Gasteiger partial charge in [0.15, 0.2) is 0 Å². The van der Waals surface area contributed by atoms with Crippen LogP contribution in [-0.2, 0) is 10.0 Å². The van der Waals surface area contributed by atoms with E-state index in [4.69, 9.17) is 0 Å². The first-order valence-electron chi connectivity index (χ1n) is 9.71. The lowest BCUT2D eigenvalue weighted by Crippen LogP contribution is -2.36. The zero-order valence-electron chi connectivity index (χ0n) is 16.5. The molecule has 2 aromatic carbocycles. The minimum Gasteiger partial charge on any atom is -0.322 e. The first kappa shape index (κ1) is 20.2. The van der Waals surface area contributed by atoms with Gasteiger partial charge in [0.05, 0.1) is 16.1 Å². The number of anilines is 1. The third-order valence-corrected chi connectivity index (χ3v) is 7.10. The van der Waals surface area contributed by atoms with Gasteiger partial charge in [-0.15, -0.1) is 5.10 Å². The summed E-state index contributed by atoms with van der Waals surface area (Å²) in [5, 5.41) is 13.9. The smallest absolute Gasteiger partial charge is 0.257 e. The second-order valence-corrected chi connectivity index (χ2v) is 9.08. The molecule has 9 nitrogen and oxygen atoms in total. The van der Waals surface area contributed by atoms with Crippen LogP contribution in [0.4, 0.5) is 5.69 Å². The van der Waals surface area contributed by atoms with Crippen molar-refractivity contribution in [2.75, 3.05) is 18.4 Å². The fraction of sp³-hybridized carbons (Fsp3) is 0.300. The monoisotopic (exact) mass is 426 g/mol. The number of hydrogen-bond donors (Lipinski definition) is 1. The minimum absolute atomic E-state index is 0.0266. The molecular formula is C20H22N6O3S. The number of nitrogens with one attached hydrogen (secondary N) is 1. The highest BCUT2D eigenvalue weighted by atomic mass is 32.2. The highest BCUT2D eigenvalue weighted by Crippen LogP contribution is 2.25. The van der Waals surface area contributed by atoms with Gasteiger partial charge in [0, 0.05) is 18.8 Å². The molecule has 2 heterocycles. The molecule has 30 heavy (non-hydrogen) atoms. The molecule has 1 aliphatic rings. The Labute approximate surface area is 174 Å². The Morgan fingerprint density at radius 2 is 1.83 bits per heavy atom. The molecule has 0 unspecified atom stereocenters. The molecule has 4 rings (SSSR count). The van der Waals surface area contributed by atoms with Crippen LogP contribution in [0.5, 0.6) is 0 Å². The molecule has 0 radical (unpaired) electrons. The van der Waals surface area contributed by atoms with Crippen LogP contribution in [0.15, 0.2) is 53.7 Å². The summed E-state index contributed by atoms with van der Waals surface area (Å²) in [4.78, 5) is 13.1. The zero-order valence-corrected chi connectivity index (χ0v) is 17.3. The number of piperidine rings is 1. The van der Waals surface area contributed by atoms with Crippen molar-refractivity contribution in [3.8, 4) is 5.69 Å². The number of carbonyl (C=O) groups excluding carboxylic acids is 1. The van der Waals surface area contributed by atoms with Gasteiger partial charge in [0.1, 0.15) is 6.33 Å². The first-order chi connectivity index (χ1) is 14.5. The summed E-state index contributed by atoms with van der Waals surface area (Å²) < 4.78 is 29.3. The molecule has 1 aliphatic heterocycles. The SMILES string of the molecule is Cc1ccc(-n2cnnn2)cc1NC(=O)c1ccccc1S(=O)(=O)N1CCCCC1. The molecule has 1 fully saturated rings. The molecule has 10 heteroatoms. The van der Waals surface area contributed by atoms with E-state index in [0.29, 0.717) is 24.5 Å². The van der Waals surface area contributed by atoms with Crippen LogP contribution in [0, 0.1) is 6.92 Å². The van der Waals surface area contributed by atoms with Gasteiger partial charge in [-0.2, -0.15) is 4.31 Å². The maximum absolute atomic E-state index is 13.2. The minimum atomic E-state index is -3.74. The number of tetrazole rings is 1. The normalized spacial score (nSPS) is 15.1. The molecular weight excluding hydrogens is 404 g/mol. The second-order valence-electron chi connectivity index (χ2n) is 7.17. The summed E-state index contributed by atoms with van der Waals surface area (Å²) in [6, 6.07) is 11.7. The molecule has 0 saturated carbocycles. The van der Waals surface area contributed by atoms with Crippen molar-refractivity contribution < 1.29 is 13.2 Å². The van der Waals surface area contributed by atoms with E-state index in [2.05, 4.69) is 20.8 Å². The van der Waals surface area contributed by atoms with Gasteiger partial charge in [-0.3, -0.25) is 4.79 Å². The maximum atomic E-state index is 13.2. The summed E-state index contributed by atoms with van der Waals surface area (Å²) in [6.45, 7) is 2.81. The number of carbonyl (C=O) groups is 1. The molecule has 0 aliphatic carbocycles. The highest BCUT2D eigenvalue weighted by Gasteiger charge is 2.29. The number of amides is 1. The topological polar surface area (TPSA) is 110 Å². The number of benzene rings is 2. The third-order valence-electron chi connectivity index (χ3n) is 5.15. The molecule has 3 aromatic rings. The van der Waals surface area contributed by atoms with E-state index in [1.54, 1.807) is 18.2 Å². The van der Waals surface area contributed by atoms with Crippen LogP contribution >= 0.6 is 0 Å². The number of aryl methyl sites for hydroxylation is 1. The van der Waals surface area contributed by atoms with E-state index < -0.39 is 15.9 Å². The summed E-state index contributed by atoms with van der Waals surface area (Å²) in [5.74, 6) is -0.483. The predicted molar refractivity (Wildman–Crippen MR) is 111 cm³/mol. The van der Waals surface area contributed by atoms with Gasteiger partial charge in [-0.05, 0) is 60.0 Å². The fourth-order valence-corrected chi connectivity index (χ4v) is 5.19.